The summed E-state index contributed by atoms with van der Waals surface area (Å²) in [6.45, 7) is 3.81. The molecule has 1 atom stereocenters. The predicted octanol–water partition coefficient (Wildman–Crippen LogP) is 1.57. The zero-order valence-corrected chi connectivity index (χ0v) is 10.4. The van der Waals surface area contributed by atoms with E-state index in [-0.39, 0.29) is 6.04 Å². The Balaban J connectivity index is 2.21. The normalized spacial score (nSPS) is 19.2. The first-order valence-electron chi connectivity index (χ1n) is 6.34. The monoisotopic (exact) mass is 235 g/mol. The smallest absolute Gasteiger partial charge is 0.0664 e. The second-order valence-corrected chi connectivity index (χ2v) is 4.50. The van der Waals surface area contributed by atoms with E-state index in [1.807, 2.05) is 12.3 Å². The minimum atomic E-state index is 0.148. The van der Waals surface area contributed by atoms with Gasteiger partial charge in [-0.05, 0) is 36.8 Å². The van der Waals surface area contributed by atoms with E-state index >= 15 is 0 Å². The van der Waals surface area contributed by atoms with Crippen LogP contribution in [0, 0.1) is 5.92 Å². The third-order valence-electron chi connectivity index (χ3n) is 3.52. The number of aromatic nitrogens is 1. The molecule has 1 aromatic rings. The Morgan fingerprint density at radius 2 is 2.29 bits per heavy atom. The molecule has 0 amide bonds. The molecule has 1 aliphatic rings. The summed E-state index contributed by atoms with van der Waals surface area (Å²) >= 11 is 0. The van der Waals surface area contributed by atoms with Crippen LogP contribution in [0.5, 0.6) is 0 Å². The van der Waals surface area contributed by atoms with Crippen molar-refractivity contribution in [2.24, 2.45) is 11.8 Å². The van der Waals surface area contributed by atoms with Gasteiger partial charge in [0.1, 0.15) is 0 Å². The third kappa shape index (κ3) is 2.83. The minimum absolute atomic E-state index is 0.148. The van der Waals surface area contributed by atoms with Crippen molar-refractivity contribution in [2.45, 2.75) is 32.2 Å². The van der Waals surface area contributed by atoms with Crippen LogP contribution in [0.4, 0.5) is 0 Å². The van der Waals surface area contributed by atoms with Gasteiger partial charge in [0, 0.05) is 19.4 Å². The number of nitrogens with one attached hydrogen (secondary N) is 1. The fourth-order valence-electron chi connectivity index (χ4n) is 2.52. The van der Waals surface area contributed by atoms with E-state index in [0.29, 0.717) is 5.92 Å². The van der Waals surface area contributed by atoms with Gasteiger partial charge in [0.25, 0.3) is 0 Å². The molecule has 3 N–H and O–H groups in total. The summed E-state index contributed by atoms with van der Waals surface area (Å²) in [5.74, 6) is 6.25. The zero-order valence-electron chi connectivity index (χ0n) is 10.4. The quantitative estimate of drug-likeness (QED) is 0.614. The number of rotatable bonds is 4. The van der Waals surface area contributed by atoms with Gasteiger partial charge in [-0.25, -0.2) is 0 Å². The highest BCUT2D eigenvalue weighted by molar-refractivity contribution is 5.23. The molecule has 1 aliphatic heterocycles. The van der Waals surface area contributed by atoms with Crippen molar-refractivity contribution in [3.05, 3.63) is 29.6 Å². The third-order valence-corrected chi connectivity index (χ3v) is 3.52. The molecule has 2 heterocycles. The van der Waals surface area contributed by atoms with Gasteiger partial charge in [0.15, 0.2) is 0 Å². The average Bonchev–Trinajstić information content (AvgIpc) is 2.41. The maximum atomic E-state index is 5.73. The van der Waals surface area contributed by atoms with Crippen LogP contribution < -0.4 is 11.3 Å². The van der Waals surface area contributed by atoms with Crippen molar-refractivity contribution < 1.29 is 4.74 Å². The summed E-state index contributed by atoms with van der Waals surface area (Å²) in [5, 5.41) is 0. The lowest BCUT2D eigenvalue weighted by Gasteiger charge is -2.30. The highest BCUT2D eigenvalue weighted by Gasteiger charge is 2.26. The Hall–Kier alpha value is -0.970. The van der Waals surface area contributed by atoms with Crippen LogP contribution in [0.15, 0.2) is 18.3 Å². The van der Waals surface area contributed by atoms with Crippen molar-refractivity contribution in [1.29, 1.82) is 0 Å². The predicted molar refractivity (Wildman–Crippen MR) is 67.2 cm³/mol. The highest BCUT2D eigenvalue weighted by atomic mass is 16.5. The lowest BCUT2D eigenvalue weighted by molar-refractivity contribution is 0.0529. The van der Waals surface area contributed by atoms with Crippen LogP contribution >= 0.6 is 0 Å². The van der Waals surface area contributed by atoms with E-state index in [0.717, 1.165) is 38.2 Å². The molecule has 1 unspecified atom stereocenters. The van der Waals surface area contributed by atoms with Gasteiger partial charge in [0.2, 0.25) is 0 Å². The second-order valence-electron chi connectivity index (χ2n) is 4.50. The van der Waals surface area contributed by atoms with Crippen LogP contribution in [-0.4, -0.2) is 18.2 Å². The summed E-state index contributed by atoms with van der Waals surface area (Å²) < 4.78 is 5.40. The minimum Gasteiger partial charge on any atom is -0.381 e. The lowest BCUT2D eigenvalue weighted by atomic mass is 9.88. The van der Waals surface area contributed by atoms with Crippen molar-refractivity contribution in [3.63, 3.8) is 0 Å². The second kappa shape index (κ2) is 6.10. The molecule has 1 fully saturated rings. The van der Waals surface area contributed by atoms with Gasteiger partial charge in [-0.2, -0.15) is 0 Å². The zero-order chi connectivity index (χ0) is 12.1. The molecule has 0 aliphatic carbocycles. The Kier molecular flexibility index (Phi) is 4.48. The van der Waals surface area contributed by atoms with Crippen molar-refractivity contribution in [1.82, 2.24) is 10.4 Å². The summed E-state index contributed by atoms with van der Waals surface area (Å²) in [6.07, 6.45) is 4.94. The molecular weight excluding hydrogens is 214 g/mol. The number of hydrazine groups is 1. The lowest BCUT2D eigenvalue weighted by Crippen LogP contribution is -2.37. The fourth-order valence-corrected chi connectivity index (χ4v) is 2.52. The molecular formula is C13H21N3O. The summed E-state index contributed by atoms with van der Waals surface area (Å²) in [7, 11) is 0. The Bertz CT molecular complexity index is 350. The fraction of sp³-hybridized carbons (Fsp3) is 0.615. The van der Waals surface area contributed by atoms with Gasteiger partial charge in [-0.3, -0.25) is 16.3 Å². The van der Waals surface area contributed by atoms with E-state index in [1.165, 1.54) is 5.56 Å². The van der Waals surface area contributed by atoms with Crippen molar-refractivity contribution in [2.75, 3.05) is 13.2 Å². The van der Waals surface area contributed by atoms with Crippen LogP contribution in [0.1, 0.15) is 37.1 Å². The van der Waals surface area contributed by atoms with E-state index < -0.39 is 0 Å². The van der Waals surface area contributed by atoms with Gasteiger partial charge in [-0.1, -0.05) is 13.0 Å². The molecule has 4 nitrogen and oxygen atoms in total. The van der Waals surface area contributed by atoms with Crippen LogP contribution in [0.3, 0.4) is 0 Å². The van der Waals surface area contributed by atoms with Crippen LogP contribution in [0.2, 0.25) is 0 Å². The van der Waals surface area contributed by atoms with Gasteiger partial charge in [0.05, 0.1) is 11.7 Å². The molecule has 0 radical (unpaired) electrons. The average molecular weight is 235 g/mol. The largest absolute Gasteiger partial charge is 0.381 e. The summed E-state index contributed by atoms with van der Waals surface area (Å²) in [4.78, 5) is 4.51. The van der Waals surface area contributed by atoms with Gasteiger partial charge in [-0.15, -0.1) is 0 Å². The first kappa shape index (κ1) is 12.5. The highest BCUT2D eigenvalue weighted by Crippen LogP contribution is 2.30. The van der Waals surface area contributed by atoms with Crippen LogP contribution in [0.25, 0.3) is 0 Å². The molecule has 0 bridgehead atoms. The van der Waals surface area contributed by atoms with E-state index in [9.17, 15) is 0 Å². The molecule has 4 heteroatoms. The number of ether oxygens (including phenoxy) is 1. The Labute approximate surface area is 103 Å². The molecule has 0 saturated carbocycles. The summed E-state index contributed by atoms with van der Waals surface area (Å²) in [6, 6.07) is 4.27. The molecule has 0 spiro atoms. The first-order chi connectivity index (χ1) is 8.36. The number of hydrogen-bond acceptors (Lipinski definition) is 4. The van der Waals surface area contributed by atoms with E-state index in [1.54, 1.807) is 0 Å². The SMILES string of the molecule is CCc1cccnc1C(NN)C1CCOCC1. The number of aryl methyl sites for hydroxylation is 1. The van der Waals surface area contributed by atoms with E-state index in [2.05, 4.69) is 23.4 Å². The van der Waals surface area contributed by atoms with Crippen molar-refractivity contribution in [3.8, 4) is 0 Å². The Morgan fingerprint density at radius 1 is 1.53 bits per heavy atom. The number of hydrogen-bond donors (Lipinski definition) is 2. The first-order valence-corrected chi connectivity index (χ1v) is 6.34. The number of nitrogens with two attached hydrogens (primary N) is 1. The molecule has 2 rings (SSSR count). The van der Waals surface area contributed by atoms with Crippen molar-refractivity contribution >= 4 is 0 Å². The van der Waals surface area contributed by atoms with Crippen LogP contribution in [-0.2, 0) is 11.2 Å². The maximum Gasteiger partial charge on any atom is 0.0664 e. The molecule has 17 heavy (non-hydrogen) atoms. The molecule has 1 saturated heterocycles. The van der Waals surface area contributed by atoms with Gasteiger partial charge < -0.3 is 4.74 Å². The topological polar surface area (TPSA) is 60.2 Å². The Morgan fingerprint density at radius 3 is 2.94 bits per heavy atom. The standard InChI is InChI=1S/C13H21N3O/c1-2-10-4-3-7-15-12(10)13(16-14)11-5-8-17-9-6-11/h3-4,7,11,13,16H,2,5-6,8-9,14H2,1H3. The maximum absolute atomic E-state index is 5.73. The molecule has 94 valence electrons. The van der Waals surface area contributed by atoms with E-state index in [4.69, 9.17) is 10.6 Å². The summed E-state index contributed by atoms with van der Waals surface area (Å²) in [5.41, 5.74) is 5.33. The molecule has 1 aromatic heterocycles. The molecule has 0 aromatic carbocycles. The van der Waals surface area contributed by atoms with Gasteiger partial charge >= 0.3 is 0 Å². The number of pyridine rings is 1. The number of nitrogens with zero attached hydrogens (tertiary/aromatic N) is 1.